The van der Waals surface area contributed by atoms with E-state index >= 15 is 0 Å². The predicted octanol–water partition coefficient (Wildman–Crippen LogP) is 3.49. The number of halogens is 2. The van der Waals surface area contributed by atoms with Gasteiger partial charge in [0.1, 0.15) is 5.15 Å². The van der Waals surface area contributed by atoms with Crippen molar-refractivity contribution in [3.8, 4) is 0 Å². The second-order valence-corrected chi connectivity index (χ2v) is 6.19. The minimum absolute atomic E-state index is 0.154. The smallest absolute Gasteiger partial charge is 0.253 e. The number of thiophene rings is 1. The number of carbonyl (C=O) groups excluding carboxylic acids is 1. The lowest BCUT2D eigenvalue weighted by Crippen LogP contribution is -2.22. The molecule has 0 saturated carbocycles. The summed E-state index contributed by atoms with van der Waals surface area (Å²) in [6, 6.07) is 7.17. The fraction of sp³-hybridized carbons (Fsp3) is 0.0909. The van der Waals surface area contributed by atoms with Gasteiger partial charge in [0.05, 0.1) is 15.9 Å². The van der Waals surface area contributed by atoms with E-state index in [1.165, 1.54) is 6.20 Å². The molecule has 0 aromatic carbocycles. The molecule has 0 aliphatic rings. The minimum atomic E-state index is -0.154. The summed E-state index contributed by atoms with van der Waals surface area (Å²) in [5, 5.41) is 3.19. The van der Waals surface area contributed by atoms with Crippen LogP contribution in [-0.2, 0) is 6.54 Å². The van der Waals surface area contributed by atoms with Crippen molar-refractivity contribution in [2.75, 3.05) is 0 Å². The second kappa shape index (κ2) is 5.62. The Bertz CT molecular complexity index is 527. The highest BCUT2D eigenvalue weighted by atomic mass is 79.9. The second-order valence-electron chi connectivity index (χ2n) is 3.26. The first kappa shape index (κ1) is 12.5. The Hall–Kier alpha value is -0.910. The molecule has 0 fully saturated rings. The number of rotatable bonds is 3. The maximum atomic E-state index is 11.7. The van der Waals surface area contributed by atoms with Crippen LogP contribution in [0.5, 0.6) is 0 Å². The molecule has 1 N–H and O–H groups in total. The minimum Gasteiger partial charge on any atom is -0.347 e. The predicted molar refractivity (Wildman–Crippen MR) is 72.4 cm³/mol. The van der Waals surface area contributed by atoms with E-state index in [0.29, 0.717) is 17.3 Å². The molecule has 2 aromatic rings. The molecule has 17 heavy (non-hydrogen) atoms. The molecule has 2 heterocycles. The van der Waals surface area contributed by atoms with E-state index < -0.39 is 0 Å². The Morgan fingerprint density at radius 1 is 1.41 bits per heavy atom. The van der Waals surface area contributed by atoms with E-state index in [9.17, 15) is 4.79 Å². The maximum Gasteiger partial charge on any atom is 0.253 e. The summed E-state index contributed by atoms with van der Waals surface area (Å²) in [5.74, 6) is -0.154. The molecule has 2 aromatic heterocycles. The number of nitrogens with one attached hydrogen (secondary N) is 1. The summed E-state index contributed by atoms with van der Waals surface area (Å²) in [6.07, 6.45) is 1.46. The molecule has 0 bridgehead atoms. The van der Waals surface area contributed by atoms with E-state index in [2.05, 4.69) is 26.2 Å². The van der Waals surface area contributed by atoms with Crippen molar-refractivity contribution in [2.45, 2.75) is 6.54 Å². The number of hydrogen-bond donors (Lipinski definition) is 1. The van der Waals surface area contributed by atoms with Crippen LogP contribution in [0, 0.1) is 0 Å². The fourth-order valence-corrected chi connectivity index (χ4v) is 2.76. The van der Waals surface area contributed by atoms with Crippen molar-refractivity contribution in [1.29, 1.82) is 0 Å². The fourth-order valence-electron chi connectivity index (χ4n) is 1.23. The number of aromatic nitrogens is 1. The van der Waals surface area contributed by atoms with Gasteiger partial charge in [0.15, 0.2) is 0 Å². The Morgan fingerprint density at radius 2 is 2.24 bits per heavy atom. The van der Waals surface area contributed by atoms with Crippen LogP contribution in [0.3, 0.4) is 0 Å². The number of nitrogens with zero attached hydrogens (tertiary/aromatic N) is 1. The number of amides is 1. The molecule has 0 aliphatic heterocycles. The van der Waals surface area contributed by atoms with Crippen molar-refractivity contribution in [2.24, 2.45) is 0 Å². The van der Waals surface area contributed by atoms with Crippen LogP contribution < -0.4 is 5.32 Å². The van der Waals surface area contributed by atoms with Crippen LogP contribution in [0.2, 0.25) is 5.15 Å². The van der Waals surface area contributed by atoms with Gasteiger partial charge in [-0.05, 0) is 40.2 Å². The van der Waals surface area contributed by atoms with Gasteiger partial charge in [-0.2, -0.15) is 0 Å². The highest BCUT2D eigenvalue weighted by Crippen LogP contribution is 2.21. The number of carbonyl (C=O) groups is 1. The van der Waals surface area contributed by atoms with Gasteiger partial charge in [-0.3, -0.25) is 4.79 Å². The average Bonchev–Trinajstić information content (AvgIpc) is 2.73. The molecule has 0 unspecified atom stereocenters. The summed E-state index contributed by atoms with van der Waals surface area (Å²) < 4.78 is 1.05. The first-order valence-corrected chi connectivity index (χ1v) is 6.78. The van der Waals surface area contributed by atoms with Crippen molar-refractivity contribution in [3.63, 3.8) is 0 Å². The zero-order valence-electron chi connectivity index (χ0n) is 8.61. The third-order valence-electron chi connectivity index (χ3n) is 2.04. The molecule has 0 atom stereocenters. The van der Waals surface area contributed by atoms with Crippen LogP contribution in [0.25, 0.3) is 0 Å². The zero-order valence-corrected chi connectivity index (χ0v) is 11.8. The van der Waals surface area contributed by atoms with Gasteiger partial charge in [-0.25, -0.2) is 4.98 Å². The lowest BCUT2D eigenvalue weighted by molar-refractivity contribution is 0.0951. The first-order valence-electron chi connectivity index (χ1n) is 4.79. The molecule has 0 saturated heterocycles. The van der Waals surface area contributed by atoms with Gasteiger partial charge in [-0.1, -0.05) is 11.6 Å². The van der Waals surface area contributed by atoms with Crippen LogP contribution in [0.1, 0.15) is 15.2 Å². The molecule has 6 heteroatoms. The molecule has 0 aliphatic carbocycles. The Kier molecular flexibility index (Phi) is 4.15. The van der Waals surface area contributed by atoms with E-state index in [1.54, 1.807) is 23.5 Å². The van der Waals surface area contributed by atoms with Crippen LogP contribution in [-0.4, -0.2) is 10.9 Å². The lowest BCUT2D eigenvalue weighted by Gasteiger charge is -2.03. The Labute approximate surface area is 116 Å². The molecule has 88 valence electrons. The van der Waals surface area contributed by atoms with Gasteiger partial charge in [0, 0.05) is 11.1 Å². The van der Waals surface area contributed by atoms with Gasteiger partial charge in [0.25, 0.3) is 5.91 Å². The summed E-state index contributed by atoms with van der Waals surface area (Å²) in [4.78, 5) is 16.7. The normalized spacial score (nSPS) is 10.2. The average molecular weight is 332 g/mol. The first-order chi connectivity index (χ1) is 8.15. The number of hydrogen-bond acceptors (Lipinski definition) is 3. The van der Waals surface area contributed by atoms with Gasteiger partial charge >= 0.3 is 0 Å². The molecular formula is C11H8BrClN2OS. The molecule has 0 spiro atoms. The van der Waals surface area contributed by atoms with Crippen LogP contribution >= 0.6 is 38.9 Å². The van der Waals surface area contributed by atoms with Crippen molar-refractivity contribution in [1.82, 2.24) is 10.3 Å². The topological polar surface area (TPSA) is 42.0 Å². The Morgan fingerprint density at radius 3 is 2.82 bits per heavy atom. The third-order valence-corrected chi connectivity index (χ3v) is 3.89. The summed E-state index contributed by atoms with van der Waals surface area (Å²) in [7, 11) is 0. The van der Waals surface area contributed by atoms with Crippen molar-refractivity contribution < 1.29 is 4.79 Å². The van der Waals surface area contributed by atoms with E-state index in [1.807, 2.05) is 12.1 Å². The van der Waals surface area contributed by atoms with E-state index in [-0.39, 0.29) is 5.91 Å². The van der Waals surface area contributed by atoms with Crippen molar-refractivity contribution in [3.05, 3.63) is 49.8 Å². The monoisotopic (exact) mass is 330 g/mol. The van der Waals surface area contributed by atoms with Gasteiger partial charge in [-0.15, -0.1) is 11.3 Å². The molecular weight excluding hydrogens is 324 g/mol. The van der Waals surface area contributed by atoms with Crippen LogP contribution in [0.15, 0.2) is 34.2 Å². The van der Waals surface area contributed by atoms with E-state index in [4.69, 9.17) is 11.6 Å². The maximum absolute atomic E-state index is 11.7. The highest BCUT2D eigenvalue weighted by molar-refractivity contribution is 9.11. The largest absolute Gasteiger partial charge is 0.347 e. The van der Waals surface area contributed by atoms with Gasteiger partial charge in [0.2, 0.25) is 0 Å². The summed E-state index contributed by atoms with van der Waals surface area (Å²) in [6.45, 7) is 0.512. The molecule has 0 radical (unpaired) electrons. The SMILES string of the molecule is O=C(NCc1ccc(Br)s1)c1ccc(Cl)nc1. The molecule has 1 amide bonds. The summed E-state index contributed by atoms with van der Waals surface area (Å²) in [5.41, 5.74) is 0.505. The quantitative estimate of drug-likeness (QED) is 0.875. The van der Waals surface area contributed by atoms with Crippen molar-refractivity contribution >= 4 is 44.8 Å². The number of pyridine rings is 1. The van der Waals surface area contributed by atoms with E-state index in [0.717, 1.165) is 8.66 Å². The third kappa shape index (κ3) is 3.52. The summed E-state index contributed by atoms with van der Waals surface area (Å²) >= 11 is 10.6. The highest BCUT2D eigenvalue weighted by Gasteiger charge is 2.06. The van der Waals surface area contributed by atoms with Crippen LogP contribution in [0.4, 0.5) is 0 Å². The standard InChI is InChI=1S/C11H8BrClN2OS/c12-9-3-2-8(17-9)6-15-11(16)7-1-4-10(13)14-5-7/h1-5H,6H2,(H,15,16). The zero-order chi connectivity index (χ0) is 12.3. The van der Waals surface area contributed by atoms with Gasteiger partial charge < -0.3 is 5.32 Å². The molecule has 2 rings (SSSR count). The Balaban J connectivity index is 1.95. The lowest BCUT2D eigenvalue weighted by atomic mass is 10.2. The molecule has 3 nitrogen and oxygen atoms in total.